The molecular formula is C56H56F6N12O3Si. The van der Waals surface area contributed by atoms with Gasteiger partial charge in [0.15, 0.2) is 11.3 Å². The van der Waals surface area contributed by atoms with Crippen molar-refractivity contribution in [3.63, 3.8) is 0 Å². The van der Waals surface area contributed by atoms with E-state index in [-0.39, 0.29) is 28.9 Å². The summed E-state index contributed by atoms with van der Waals surface area (Å²) in [6.45, 7) is 9.97. The molecule has 0 unspecified atom stereocenters. The van der Waals surface area contributed by atoms with Crippen molar-refractivity contribution in [3.8, 4) is 22.8 Å². The average molecular weight is 1090 g/mol. The minimum Gasteiger partial charge on any atom is -0.361 e. The number of amides is 2. The van der Waals surface area contributed by atoms with Gasteiger partial charge >= 0.3 is 0 Å². The van der Waals surface area contributed by atoms with Gasteiger partial charge in [0.1, 0.15) is 52.2 Å². The Bertz CT molecular complexity index is 3800. The van der Waals surface area contributed by atoms with Crippen LogP contribution < -0.4 is 10.6 Å². The number of ether oxygens (including phenoxy) is 1. The third-order valence-corrected chi connectivity index (χ3v) is 15.0. The second-order valence-corrected chi connectivity index (χ2v) is 26.1. The van der Waals surface area contributed by atoms with E-state index < -0.39 is 68.3 Å². The van der Waals surface area contributed by atoms with Gasteiger partial charge in [-0.15, -0.1) is 0 Å². The van der Waals surface area contributed by atoms with Crippen molar-refractivity contribution in [3.05, 3.63) is 156 Å². The molecule has 10 aromatic rings. The quantitative estimate of drug-likeness (QED) is 0.0455. The molecule has 0 radical (unpaired) electrons. The monoisotopic (exact) mass is 1090 g/mol. The van der Waals surface area contributed by atoms with Crippen LogP contribution in [0, 0.1) is 11.6 Å². The Morgan fingerprint density at radius 3 is 1.68 bits per heavy atom. The maximum Gasteiger partial charge on any atom is 0.271 e. The fourth-order valence-electron chi connectivity index (χ4n) is 8.79. The maximum atomic E-state index is 15.2. The van der Waals surface area contributed by atoms with Gasteiger partial charge in [0, 0.05) is 64.8 Å². The molecule has 4 aromatic carbocycles. The van der Waals surface area contributed by atoms with Crippen molar-refractivity contribution < 1.29 is 40.7 Å². The number of fused-ring (bicyclic) bond motifs is 4. The number of alkyl halides is 4. The molecule has 2 atom stereocenters. The van der Waals surface area contributed by atoms with E-state index in [1.54, 1.807) is 96.1 Å². The molecular weight excluding hydrogens is 1030 g/mol. The molecule has 0 aliphatic heterocycles. The topological polar surface area (TPSA) is 175 Å². The van der Waals surface area contributed by atoms with Gasteiger partial charge < -0.3 is 24.9 Å². The van der Waals surface area contributed by atoms with Crippen LogP contribution in [-0.4, -0.2) is 99.5 Å². The number of hydrogen-bond acceptors (Lipinski definition) is 9. The van der Waals surface area contributed by atoms with Crippen LogP contribution in [0.3, 0.4) is 0 Å². The van der Waals surface area contributed by atoms with Crippen molar-refractivity contribution in [2.45, 2.75) is 83.0 Å². The van der Waals surface area contributed by atoms with Crippen LogP contribution in [0.5, 0.6) is 0 Å². The minimum atomic E-state index is -3.20. The third kappa shape index (κ3) is 12.0. The van der Waals surface area contributed by atoms with Gasteiger partial charge in [0.05, 0.1) is 46.6 Å². The van der Waals surface area contributed by atoms with Gasteiger partial charge in [-0.05, 0) is 67.4 Å². The van der Waals surface area contributed by atoms with E-state index in [1.165, 1.54) is 67.6 Å². The van der Waals surface area contributed by atoms with Gasteiger partial charge in [-0.3, -0.25) is 19.0 Å². The van der Waals surface area contributed by atoms with Crippen LogP contribution in [0.15, 0.2) is 122 Å². The van der Waals surface area contributed by atoms with E-state index in [2.05, 4.69) is 60.4 Å². The van der Waals surface area contributed by atoms with Crippen LogP contribution >= 0.6 is 0 Å². The number of benzene rings is 4. The van der Waals surface area contributed by atoms with Crippen LogP contribution in [0.1, 0.15) is 45.7 Å². The Morgan fingerprint density at radius 2 is 1.17 bits per heavy atom. The van der Waals surface area contributed by atoms with Gasteiger partial charge in [-0.25, -0.2) is 46.3 Å². The Hall–Kier alpha value is -8.24. The SMILES string of the molecule is C[C@@H](NC(=O)c1c[nH]c2ncc(-c3nn(C)c4cc(F)ccc34)nc12)C(F)(F)Cc1ccccc1.C[C@@H](NC(=O)c1cn(COCC[Si](C)(C)C)c2ncc(-c3nn(C)c4cc(F)ccc34)nc12)C(F)(F)Cc1ccccc1. The molecule has 0 spiro atoms. The van der Waals surface area contributed by atoms with Crippen molar-refractivity contribution in [1.82, 2.24) is 59.7 Å². The van der Waals surface area contributed by atoms with E-state index >= 15 is 8.78 Å². The van der Waals surface area contributed by atoms with E-state index in [0.29, 0.717) is 73.6 Å². The molecule has 6 heterocycles. The number of rotatable bonds is 17. The smallest absolute Gasteiger partial charge is 0.271 e. The molecule has 0 saturated heterocycles. The second-order valence-electron chi connectivity index (χ2n) is 20.4. The first-order valence-electron chi connectivity index (χ1n) is 25.0. The fraction of sp³-hybridized carbons (Fsp3) is 0.286. The van der Waals surface area contributed by atoms with Gasteiger partial charge in [-0.2, -0.15) is 10.2 Å². The lowest BCUT2D eigenvalue weighted by molar-refractivity contribution is -0.0292. The predicted molar refractivity (Wildman–Crippen MR) is 289 cm³/mol. The zero-order chi connectivity index (χ0) is 55.7. The number of halogens is 6. The molecule has 15 nitrogen and oxygen atoms in total. The lowest BCUT2D eigenvalue weighted by Crippen LogP contribution is -2.46. The number of carbonyl (C=O) groups is 2. The first-order valence-corrected chi connectivity index (χ1v) is 28.7. The molecule has 3 N–H and O–H groups in total. The van der Waals surface area contributed by atoms with E-state index in [4.69, 9.17) is 9.72 Å². The number of carbonyl (C=O) groups excluding carboxylic acids is 2. The summed E-state index contributed by atoms with van der Waals surface area (Å²) in [4.78, 5) is 47.5. The number of aromatic amines is 1. The molecule has 78 heavy (non-hydrogen) atoms. The summed E-state index contributed by atoms with van der Waals surface area (Å²) < 4.78 is 98.1. The van der Waals surface area contributed by atoms with Gasteiger partial charge in [0.25, 0.3) is 23.7 Å². The van der Waals surface area contributed by atoms with E-state index in [9.17, 15) is 27.2 Å². The average Bonchev–Trinajstić information content (AvgIpc) is 4.27. The minimum absolute atomic E-state index is 0.0861. The predicted octanol–water partition coefficient (Wildman–Crippen LogP) is 11.1. The summed E-state index contributed by atoms with van der Waals surface area (Å²) in [5.74, 6) is -8.55. The largest absolute Gasteiger partial charge is 0.361 e. The normalized spacial score (nSPS) is 13.0. The first kappa shape index (κ1) is 54.5. The maximum absolute atomic E-state index is 15.2. The zero-order valence-corrected chi connectivity index (χ0v) is 44.8. The summed E-state index contributed by atoms with van der Waals surface area (Å²) in [5, 5.41) is 15.1. The van der Waals surface area contributed by atoms with Crippen molar-refractivity contribution in [2.75, 3.05) is 6.61 Å². The Balaban J connectivity index is 0.000000193. The molecule has 404 valence electrons. The highest BCUT2D eigenvalue weighted by atomic mass is 28.3. The lowest BCUT2D eigenvalue weighted by atomic mass is 10.0. The van der Waals surface area contributed by atoms with E-state index in [0.717, 1.165) is 6.04 Å². The molecule has 0 fully saturated rings. The molecule has 2 amide bonds. The summed E-state index contributed by atoms with van der Waals surface area (Å²) in [7, 11) is 2.05. The molecule has 10 rings (SSSR count). The molecule has 0 aliphatic carbocycles. The summed E-state index contributed by atoms with van der Waals surface area (Å²) >= 11 is 0. The highest BCUT2D eigenvalue weighted by molar-refractivity contribution is 6.76. The Labute approximate surface area is 445 Å². The molecule has 0 saturated carbocycles. The van der Waals surface area contributed by atoms with Crippen LogP contribution in [0.4, 0.5) is 26.3 Å². The lowest BCUT2D eigenvalue weighted by Gasteiger charge is -2.24. The number of hydrogen-bond donors (Lipinski definition) is 3. The fourth-order valence-corrected chi connectivity index (χ4v) is 9.55. The highest BCUT2D eigenvalue weighted by Gasteiger charge is 2.39. The molecule has 6 aromatic heterocycles. The third-order valence-electron chi connectivity index (χ3n) is 13.3. The molecule has 0 aliphatic rings. The highest BCUT2D eigenvalue weighted by Crippen LogP contribution is 2.32. The molecule has 0 bridgehead atoms. The van der Waals surface area contributed by atoms with Gasteiger partial charge in [0.2, 0.25) is 0 Å². The first-order chi connectivity index (χ1) is 37.0. The standard InChI is InChI=1S/C31H35F3N6O2Si.C25H21F3N6O/c1-20(31(33,34)16-21-9-7-6-8-10-21)36-30(41)24-18-40(19-42-13-14-43(3,4)5)29-28(24)37-25(17-35-29)27-23-12-11-22(32)15-26(23)39(2)38-27;1-14(25(27,28)11-15-6-4-3-5-7-15)31-24(35)18-12-29-23-22(18)32-19(13-30-23)21-17-9-8-16(26)10-20(17)34(2)33-21/h6-12,15,17-18,20H,13-14,16,19H2,1-5H3,(H,36,41);3-10,12-14H,11H2,1-2H3,(H,29,30)(H,31,35)/t20-;14-/m11/s1. The van der Waals surface area contributed by atoms with Crippen LogP contribution in [0.25, 0.3) is 66.9 Å². The molecule has 22 heteroatoms. The Morgan fingerprint density at radius 1 is 0.679 bits per heavy atom. The van der Waals surface area contributed by atoms with Crippen LogP contribution in [-0.2, 0) is 38.4 Å². The number of aryl methyl sites for hydroxylation is 2. The number of nitrogens with zero attached hydrogens (tertiary/aromatic N) is 9. The summed E-state index contributed by atoms with van der Waals surface area (Å²) in [6.07, 6.45) is 4.93. The number of nitrogens with one attached hydrogen (secondary N) is 3. The summed E-state index contributed by atoms with van der Waals surface area (Å²) in [5.41, 5.74) is 5.06. The zero-order valence-electron chi connectivity index (χ0n) is 43.8. The second kappa shape index (κ2) is 22.0. The number of H-pyrrole nitrogens is 1. The summed E-state index contributed by atoms with van der Waals surface area (Å²) in [6, 6.07) is 23.5. The number of aromatic nitrogens is 10. The Kier molecular flexibility index (Phi) is 15.4. The van der Waals surface area contributed by atoms with E-state index in [1.807, 2.05) is 0 Å². The van der Waals surface area contributed by atoms with Crippen LogP contribution in [0.2, 0.25) is 25.7 Å². The van der Waals surface area contributed by atoms with Crippen molar-refractivity contribution in [1.29, 1.82) is 0 Å². The van der Waals surface area contributed by atoms with Gasteiger partial charge in [-0.1, -0.05) is 80.3 Å². The van der Waals surface area contributed by atoms with Crippen molar-refractivity contribution in [2.24, 2.45) is 14.1 Å². The van der Waals surface area contributed by atoms with Crippen molar-refractivity contribution >= 4 is 64.0 Å².